The van der Waals surface area contributed by atoms with Crippen molar-refractivity contribution >= 4 is 12.4 Å². The van der Waals surface area contributed by atoms with Crippen molar-refractivity contribution in [3.05, 3.63) is 35.5 Å². The van der Waals surface area contributed by atoms with Crippen LogP contribution in [0.25, 0.3) is 0 Å². The topological polar surface area (TPSA) is 69.4 Å². The predicted octanol–water partition coefficient (Wildman–Crippen LogP) is 2.54. The van der Waals surface area contributed by atoms with E-state index in [1.807, 2.05) is 32.2 Å². The Morgan fingerprint density at radius 3 is 2.77 bits per heavy atom. The number of halogens is 1. The molecule has 2 rings (SSSR count). The third kappa shape index (κ3) is 4.89. The van der Waals surface area contributed by atoms with Gasteiger partial charge in [-0.1, -0.05) is 11.2 Å². The van der Waals surface area contributed by atoms with Gasteiger partial charge in [-0.05, 0) is 38.6 Å². The molecule has 7 heteroatoms. The van der Waals surface area contributed by atoms with Gasteiger partial charge in [0, 0.05) is 12.5 Å². The van der Waals surface area contributed by atoms with Gasteiger partial charge in [0.1, 0.15) is 0 Å². The number of hydrogen-bond donors (Lipinski definition) is 1. The van der Waals surface area contributed by atoms with Crippen molar-refractivity contribution in [1.82, 2.24) is 15.5 Å². The van der Waals surface area contributed by atoms with Crippen molar-refractivity contribution in [2.45, 2.75) is 32.9 Å². The van der Waals surface area contributed by atoms with Crippen LogP contribution in [0.3, 0.4) is 0 Å². The third-order valence-corrected chi connectivity index (χ3v) is 3.16. The minimum absolute atomic E-state index is 0. The van der Waals surface area contributed by atoms with Gasteiger partial charge in [-0.2, -0.15) is 4.98 Å². The number of aromatic nitrogens is 2. The largest absolute Gasteiger partial charge is 0.493 e. The second-order valence-electron chi connectivity index (χ2n) is 4.94. The third-order valence-electron chi connectivity index (χ3n) is 3.16. The lowest BCUT2D eigenvalue weighted by atomic mass is 10.2. The first-order chi connectivity index (χ1) is 10.1. The number of aryl methyl sites for hydroxylation is 1. The first-order valence-corrected chi connectivity index (χ1v) is 6.88. The monoisotopic (exact) mass is 327 g/mol. The lowest BCUT2D eigenvalue weighted by Gasteiger charge is -2.09. The normalized spacial score (nSPS) is 11.6. The summed E-state index contributed by atoms with van der Waals surface area (Å²) in [6.07, 6.45) is 0.716. The minimum atomic E-state index is 0. The Balaban J connectivity index is 0.00000242. The average Bonchev–Trinajstić information content (AvgIpc) is 2.93. The molecule has 1 heterocycles. The van der Waals surface area contributed by atoms with Crippen LogP contribution in [-0.2, 0) is 13.0 Å². The van der Waals surface area contributed by atoms with E-state index in [0.29, 0.717) is 35.7 Å². The standard InChI is InChI=1S/C15H21N3O3.ClH/c1-10-5-6-12(13(7-10)19-4)20-9-15-17-14(18-21-15)8-11(2)16-3;/h5-7,11,16H,8-9H2,1-4H3;1H. The van der Waals surface area contributed by atoms with Crippen LogP contribution >= 0.6 is 12.4 Å². The fraction of sp³-hybridized carbons (Fsp3) is 0.467. The quantitative estimate of drug-likeness (QED) is 0.842. The summed E-state index contributed by atoms with van der Waals surface area (Å²) in [6.45, 7) is 4.28. The Morgan fingerprint density at radius 1 is 1.32 bits per heavy atom. The maximum atomic E-state index is 5.68. The van der Waals surface area contributed by atoms with E-state index in [9.17, 15) is 0 Å². The molecule has 2 aromatic rings. The summed E-state index contributed by atoms with van der Waals surface area (Å²) in [6, 6.07) is 6.05. The van der Waals surface area contributed by atoms with Crippen molar-refractivity contribution < 1.29 is 14.0 Å². The van der Waals surface area contributed by atoms with E-state index in [0.717, 1.165) is 5.56 Å². The van der Waals surface area contributed by atoms with Gasteiger partial charge in [-0.25, -0.2) is 0 Å². The van der Waals surface area contributed by atoms with Gasteiger partial charge in [0.2, 0.25) is 0 Å². The predicted molar refractivity (Wildman–Crippen MR) is 85.8 cm³/mol. The van der Waals surface area contributed by atoms with E-state index in [2.05, 4.69) is 22.4 Å². The molecular weight excluding hydrogens is 306 g/mol. The van der Waals surface area contributed by atoms with Crippen molar-refractivity contribution in [1.29, 1.82) is 0 Å². The van der Waals surface area contributed by atoms with Gasteiger partial charge >= 0.3 is 0 Å². The molecule has 6 nitrogen and oxygen atoms in total. The van der Waals surface area contributed by atoms with E-state index in [1.165, 1.54) is 0 Å². The molecule has 0 radical (unpaired) electrons. The number of hydrogen-bond acceptors (Lipinski definition) is 6. The summed E-state index contributed by atoms with van der Waals surface area (Å²) >= 11 is 0. The maximum absolute atomic E-state index is 5.68. The second-order valence-corrected chi connectivity index (χ2v) is 4.94. The van der Waals surface area contributed by atoms with Crippen LogP contribution < -0.4 is 14.8 Å². The second kappa shape index (κ2) is 8.60. The molecule has 0 aliphatic heterocycles. The van der Waals surface area contributed by atoms with Crippen LogP contribution in [0.5, 0.6) is 11.5 Å². The molecule has 1 aromatic carbocycles. The highest BCUT2D eigenvalue weighted by Crippen LogP contribution is 2.28. The summed E-state index contributed by atoms with van der Waals surface area (Å²) in [5, 5.41) is 7.07. The zero-order chi connectivity index (χ0) is 15.2. The zero-order valence-electron chi connectivity index (χ0n) is 13.3. The molecule has 1 atom stereocenters. The molecule has 0 aliphatic carbocycles. The van der Waals surface area contributed by atoms with Gasteiger partial charge in [0.15, 0.2) is 23.9 Å². The Bertz CT molecular complexity index is 589. The van der Waals surface area contributed by atoms with Crippen molar-refractivity contribution in [2.24, 2.45) is 0 Å². The Kier molecular flexibility index (Phi) is 7.14. The summed E-state index contributed by atoms with van der Waals surface area (Å²) < 4.78 is 16.1. The van der Waals surface area contributed by atoms with Crippen LogP contribution in [0.15, 0.2) is 22.7 Å². The van der Waals surface area contributed by atoms with Gasteiger partial charge in [0.25, 0.3) is 5.89 Å². The van der Waals surface area contributed by atoms with E-state index < -0.39 is 0 Å². The Hall–Kier alpha value is -1.79. The lowest BCUT2D eigenvalue weighted by molar-refractivity contribution is 0.233. The summed E-state index contributed by atoms with van der Waals surface area (Å²) in [7, 11) is 3.52. The number of nitrogens with zero attached hydrogens (tertiary/aromatic N) is 2. The lowest BCUT2D eigenvalue weighted by Crippen LogP contribution is -2.24. The number of ether oxygens (including phenoxy) is 2. The molecule has 1 unspecified atom stereocenters. The molecule has 0 spiro atoms. The molecule has 0 aliphatic rings. The van der Waals surface area contributed by atoms with Crippen LogP contribution in [0.1, 0.15) is 24.2 Å². The number of methoxy groups -OCH3 is 1. The van der Waals surface area contributed by atoms with Gasteiger partial charge in [-0.15, -0.1) is 12.4 Å². The molecule has 0 fully saturated rings. The van der Waals surface area contributed by atoms with Crippen molar-refractivity contribution in [3.8, 4) is 11.5 Å². The average molecular weight is 328 g/mol. The van der Waals surface area contributed by atoms with E-state index in [-0.39, 0.29) is 19.0 Å². The highest BCUT2D eigenvalue weighted by molar-refractivity contribution is 5.85. The number of benzene rings is 1. The molecule has 1 N–H and O–H groups in total. The van der Waals surface area contributed by atoms with E-state index >= 15 is 0 Å². The number of rotatable bonds is 7. The zero-order valence-corrected chi connectivity index (χ0v) is 14.1. The number of likely N-dealkylation sites (N-methyl/N-ethyl adjacent to an activating group) is 1. The summed E-state index contributed by atoms with van der Waals surface area (Å²) in [5.74, 6) is 2.48. The van der Waals surface area contributed by atoms with E-state index in [1.54, 1.807) is 7.11 Å². The van der Waals surface area contributed by atoms with Crippen LogP contribution in [0.2, 0.25) is 0 Å². The van der Waals surface area contributed by atoms with Gasteiger partial charge in [0.05, 0.1) is 7.11 Å². The summed E-state index contributed by atoms with van der Waals surface area (Å²) in [4.78, 5) is 4.30. The van der Waals surface area contributed by atoms with Crippen LogP contribution in [0, 0.1) is 6.92 Å². The molecule has 0 saturated heterocycles. The number of nitrogens with one attached hydrogen (secondary N) is 1. The summed E-state index contributed by atoms with van der Waals surface area (Å²) in [5.41, 5.74) is 1.11. The van der Waals surface area contributed by atoms with Gasteiger partial charge in [-0.3, -0.25) is 0 Å². The fourth-order valence-electron chi connectivity index (χ4n) is 1.84. The molecule has 0 bridgehead atoms. The van der Waals surface area contributed by atoms with Crippen LogP contribution in [-0.4, -0.2) is 30.3 Å². The molecular formula is C15H22ClN3O3. The highest BCUT2D eigenvalue weighted by Gasteiger charge is 2.11. The molecule has 22 heavy (non-hydrogen) atoms. The molecule has 0 amide bonds. The molecule has 1 aromatic heterocycles. The smallest absolute Gasteiger partial charge is 0.264 e. The highest BCUT2D eigenvalue weighted by atomic mass is 35.5. The van der Waals surface area contributed by atoms with Crippen molar-refractivity contribution in [2.75, 3.05) is 14.2 Å². The Labute approximate surface area is 136 Å². The Morgan fingerprint density at radius 2 is 2.09 bits per heavy atom. The van der Waals surface area contributed by atoms with E-state index in [4.69, 9.17) is 14.0 Å². The maximum Gasteiger partial charge on any atom is 0.264 e. The van der Waals surface area contributed by atoms with Crippen molar-refractivity contribution in [3.63, 3.8) is 0 Å². The SMILES string of the molecule is CNC(C)Cc1noc(COc2ccc(C)cc2OC)n1.Cl. The minimum Gasteiger partial charge on any atom is -0.493 e. The first kappa shape index (κ1) is 18.3. The molecule has 122 valence electrons. The van der Waals surface area contributed by atoms with Gasteiger partial charge < -0.3 is 19.3 Å². The first-order valence-electron chi connectivity index (χ1n) is 6.88. The van der Waals surface area contributed by atoms with Crippen LogP contribution in [0.4, 0.5) is 0 Å². The molecule has 0 saturated carbocycles. The fourth-order valence-corrected chi connectivity index (χ4v) is 1.84.